The van der Waals surface area contributed by atoms with Crippen LogP contribution >= 0.6 is 11.3 Å². The predicted octanol–water partition coefficient (Wildman–Crippen LogP) is 2.78. The molecule has 1 N–H and O–H groups in total. The Balaban J connectivity index is 2.05. The molecule has 0 bridgehead atoms. The number of aldehydes is 1. The van der Waals surface area contributed by atoms with Crippen LogP contribution in [0.4, 0.5) is 0 Å². The number of hydrogen-bond donors (Lipinski definition) is 1. The Morgan fingerprint density at radius 2 is 1.86 bits per heavy atom. The lowest BCUT2D eigenvalue weighted by atomic mass is 10.2. The summed E-state index contributed by atoms with van der Waals surface area (Å²) in [5.41, 5.74) is 1.02. The van der Waals surface area contributed by atoms with Gasteiger partial charge in [-0.3, -0.25) is 4.79 Å². The molecule has 2 aromatic rings. The van der Waals surface area contributed by atoms with Crippen LogP contribution in [0.25, 0.3) is 0 Å². The Hall–Kier alpha value is -1.50. The van der Waals surface area contributed by atoms with Crippen LogP contribution in [0.1, 0.15) is 27.0 Å². The van der Waals surface area contributed by atoms with E-state index in [0.29, 0.717) is 11.3 Å². The Morgan fingerprint density at radius 3 is 2.43 bits per heavy atom. The summed E-state index contributed by atoms with van der Waals surface area (Å²) in [6, 6.07) is 10.1. The third kappa shape index (κ3) is 4.23. The molecular weight excluding hydrogens is 306 g/mol. The van der Waals surface area contributed by atoms with Gasteiger partial charge in [0.1, 0.15) is 0 Å². The maximum atomic E-state index is 12.2. The van der Waals surface area contributed by atoms with Crippen molar-refractivity contribution in [2.24, 2.45) is 0 Å². The number of carbonyl (C=O) groups is 1. The average molecular weight is 323 g/mol. The topological polar surface area (TPSA) is 63.2 Å². The molecule has 2 rings (SSSR count). The van der Waals surface area contributed by atoms with Crippen molar-refractivity contribution in [1.82, 2.24) is 4.72 Å². The molecule has 1 atom stereocenters. The molecule has 0 aliphatic carbocycles. The first-order chi connectivity index (χ1) is 9.90. The van der Waals surface area contributed by atoms with Gasteiger partial charge in [0.15, 0.2) is 6.29 Å². The first-order valence-corrected chi connectivity index (χ1v) is 8.83. The van der Waals surface area contributed by atoms with Crippen molar-refractivity contribution >= 4 is 27.6 Å². The van der Waals surface area contributed by atoms with Crippen molar-refractivity contribution in [3.05, 3.63) is 51.7 Å². The van der Waals surface area contributed by atoms with E-state index in [2.05, 4.69) is 4.72 Å². The van der Waals surface area contributed by atoms with Crippen molar-refractivity contribution in [3.8, 4) is 0 Å². The van der Waals surface area contributed by atoms with Crippen LogP contribution in [-0.4, -0.2) is 20.7 Å². The van der Waals surface area contributed by atoms with Crippen LogP contribution in [0, 0.1) is 6.92 Å². The molecule has 0 fully saturated rings. The molecule has 1 aromatic heterocycles. The molecule has 0 radical (unpaired) electrons. The van der Waals surface area contributed by atoms with E-state index < -0.39 is 10.0 Å². The Kier molecular flexibility index (Phi) is 4.92. The highest BCUT2D eigenvalue weighted by Gasteiger charge is 2.17. The van der Waals surface area contributed by atoms with Crippen molar-refractivity contribution in [2.75, 3.05) is 0 Å². The number of benzene rings is 1. The molecule has 0 aliphatic heterocycles. The standard InChI is InChI=1S/C15H17NO3S2/c1-11-3-7-15(8-4-11)21(18,19)16-12(2)9-13-5-6-14(10-17)20-13/h3-8,10,12,16H,9H2,1-2H3/t12-/m1/s1. The van der Waals surface area contributed by atoms with E-state index >= 15 is 0 Å². The minimum Gasteiger partial charge on any atom is -0.297 e. The Morgan fingerprint density at radius 1 is 1.19 bits per heavy atom. The highest BCUT2D eigenvalue weighted by Crippen LogP contribution is 2.17. The summed E-state index contributed by atoms with van der Waals surface area (Å²) >= 11 is 1.38. The van der Waals surface area contributed by atoms with Gasteiger partial charge in [-0.2, -0.15) is 0 Å². The molecule has 1 aromatic carbocycles. The fourth-order valence-electron chi connectivity index (χ4n) is 1.96. The summed E-state index contributed by atoms with van der Waals surface area (Å²) in [5.74, 6) is 0. The smallest absolute Gasteiger partial charge is 0.240 e. The molecule has 4 nitrogen and oxygen atoms in total. The van der Waals surface area contributed by atoms with E-state index in [-0.39, 0.29) is 10.9 Å². The second kappa shape index (κ2) is 6.51. The highest BCUT2D eigenvalue weighted by atomic mass is 32.2. The predicted molar refractivity (Wildman–Crippen MR) is 84.4 cm³/mol. The van der Waals surface area contributed by atoms with Crippen LogP contribution in [-0.2, 0) is 16.4 Å². The quantitative estimate of drug-likeness (QED) is 0.832. The number of nitrogens with one attached hydrogen (secondary N) is 1. The molecule has 0 amide bonds. The first kappa shape index (κ1) is 15.9. The zero-order valence-corrected chi connectivity index (χ0v) is 13.5. The van der Waals surface area contributed by atoms with E-state index in [1.165, 1.54) is 11.3 Å². The third-order valence-electron chi connectivity index (χ3n) is 2.99. The number of aryl methyl sites for hydroxylation is 1. The number of carbonyl (C=O) groups excluding carboxylic acids is 1. The van der Waals surface area contributed by atoms with Gasteiger partial charge in [0, 0.05) is 10.9 Å². The van der Waals surface area contributed by atoms with Crippen molar-refractivity contribution < 1.29 is 13.2 Å². The zero-order valence-electron chi connectivity index (χ0n) is 11.9. The van der Waals surface area contributed by atoms with Gasteiger partial charge in [0.05, 0.1) is 9.77 Å². The summed E-state index contributed by atoms with van der Waals surface area (Å²) in [5, 5.41) is 0. The van der Waals surface area contributed by atoms with Gasteiger partial charge < -0.3 is 0 Å². The van der Waals surface area contributed by atoms with Gasteiger partial charge in [0.25, 0.3) is 0 Å². The molecule has 112 valence electrons. The first-order valence-electron chi connectivity index (χ1n) is 6.53. The largest absolute Gasteiger partial charge is 0.297 e. The number of rotatable bonds is 6. The molecule has 21 heavy (non-hydrogen) atoms. The van der Waals surface area contributed by atoms with Gasteiger partial charge >= 0.3 is 0 Å². The molecule has 0 saturated carbocycles. The Bertz CT molecular complexity index is 718. The summed E-state index contributed by atoms with van der Waals surface area (Å²) < 4.78 is 27.1. The number of thiophene rings is 1. The number of sulfonamides is 1. The average Bonchev–Trinajstić information content (AvgIpc) is 2.86. The van der Waals surface area contributed by atoms with Crippen LogP contribution in [0.15, 0.2) is 41.3 Å². The molecule has 6 heteroatoms. The lowest BCUT2D eigenvalue weighted by Crippen LogP contribution is -2.33. The fraction of sp³-hybridized carbons (Fsp3) is 0.267. The van der Waals surface area contributed by atoms with E-state index in [9.17, 15) is 13.2 Å². The minimum atomic E-state index is -3.51. The molecule has 0 unspecified atom stereocenters. The van der Waals surface area contributed by atoms with Gasteiger partial charge in [-0.25, -0.2) is 13.1 Å². The minimum absolute atomic E-state index is 0.241. The maximum Gasteiger partial charge on any atom is 0.240 e. The van der Waals surface area contributed by atoms with E-state index in [0.717, 1.165) is 16.7 Å². The van der Waals surface area contributed by atoms with Crippen molar-refractivity contribution in [1.29, 1.82) is 0 Å². The van der Waals surface area contributed by atoms with Gasteiger partial charge in [-0.15, -0.1) is 11.3 Å². The highest BCUT2D eigenvalue weighted by molar-refractivity contribution is 7.89. The van der Waals surface area contributed by atoms with Gasteiger partial charge in [-0.1, -0.05) is 17.7 Å². The normalized spacial score (nSPS) is 13.0. The molecule has 0 spiro atoms. The summed E-state index contributed by atoms with van der Waals surface area (Å²) in [6.07, 6.45) is 1.36. The van der Waals surface area contributed by atoms with E-state index in [1.807, 2.05) is 19.9 Å². The zero-order chi connectivity index (χ0) is 15.5. The monoisotopic (exact) mass is 323 g/mol. The van der Waals surface area contributed by atoms with Crippen LogP contribution in [0.3, 0.4) is 0 Å². The van der Waals surface area contributed by atoms with Gasteiger partial charge in [0.2, 0.25) is 10.0 Å². The van der Waals surface area contributed by atoms with E-state index in [1.54, 1.807) is 30.3 Å². The summed E-state index contributed by atoms with van der Waals surface area (Å²) in [6.45, 7) is 3.72. The number of hydrogen-bond acceptors (Lipinski definition) is 4. The summed E-state index contributed by atoms with van der Waals surface area (Å²) in [7, 11) is -3.51. The fourth-order valence-corrected chi connectivity index (χ4v) is 4.16. The van der Waals surface area contributed by atoms with Crippen molar-refractivity contribution in [2.45, 2.75) is 31.2 Å². The van der Waals surface area contributed by atoms with Gasteiger partial charge in [-0.05, 0) is 44.5 Å². The second-order valence-corrected chi connectivity index (χ2v) is 7.88. The van der Waals surface area contributed by atoms with Crippen molar-refractivity contribution in [3.63, 3.8) is 0 Å². The molecule has 1 heterocycles. The van der Waals surface area contributed by atoms with E-state index in [4.69, 9.17) is 0 Å². The summed E-state index contributed by atoms with van der Waals surface area (Å²) in [4.78, 5) is 12.5. The molecule has 0 saturated heterocycles. The van der Waals surface area contributed by atoms with Crippen LogP contribution in [0.5, 0.6) is 0 Å². The molecule has 0 aliphatic rings. The third-order valence-corrected chi connectivity index (χ3v) is 5.63. The maximum absolute atomic E-state index is 12.2. The molecular formula is C15H17NO3S2. The lowest BCUT2D eigenvalue weighted by Gasteiger charge is -2.13. The Labute approximate surface area is 128 Å². The van der Waals surface area contributed by atoms with Crippen LogP contribution < -0.4 is 4.72 Å². The van der Waals surface area contributed by atoms with Crippen LogP contribution in [0.2, 0.25) is 0 Å². The SMILES string of the molecule is Cc1ccc(S(=O)(=O)N[C@H](C)Cc2ccc(C=O)s2)cc1. The second-order valence-electron chi connectivity index (χ2n) is 4.96. The lowest BCUT2D eigenvalue weighted by molar-refractivity contribution is 0.112.